The summed E-state index contributed by atoms with van der Waals surface area (Å²) in [4.78, 5) is 25.4. The van der Waals surface area contributed by atoms with Gasteiger partial charge in [-0.1, -0.05) is 120 Å². The van der Waals surface area contributed by atoms with Crippen molar-refractivity contribution in [2.24, 2.45) is 0 Å². The summed E-state index contributed by atoms with van der Waals surface area (Å²) in [5, 5.41) is 12.6. The molecular formula is C40H38BrNO5. The SMILES string of the molecule is O=C(O)CC(NC(=O)c1cc(Br)ccc1OCCCCCCc1ccccc1)c1ccc(-c2ccccc2Oc2ccccc2)cc1. The number of rotatable bonds is 16. The molecule has 240 valence electrons. The summed E-state index contributed by atoms with van der Waals surface area (Å²) in [6, 6.07) is 39.9. The summed E-state index contributed by atoms with van der Waals surface area (Å²) in [6.45, 7) is 0.489. The lowest BCUT2D eigenvalue weighted by molar-refractivity contribution is -0.137. The fraction of sp³-hybridized carbons (Fsp3) is 0.200. The van der Waals surface area contributed by atoms with Crippen LogP contribution < -0.4 is 14.8 Å². The second-order valence-corrected chi connectivity index (χ2v) is 12.2. The number of carboxylic acids is 1. The Kier molecular flexibility index (Phi) is 12.2. The van der Waals surface area contributed by atoms with Crippen LogP contribution in [-0.2, 0) is 11.2 Å². The lowest BCUT2D eigenvalue weighted by Gasteiger charge is -2.20. The highest BCUT2D eigenvalue weighted by atomic mass is 79.9. The normalized spacial score (nSPS) is 11.4. The first-order valence-corrected chi connectivity index (χ1v) is 16.7. The summed E-state index contributed by atoms with van der Waals surface area (Å²) >= 11 is 3.46. The number of carbonyl (C=O) groups excluding carboxylic acids is 1. The molecule has 0 bridgehead atoms. The number of hydrogen-bond donors (Lipinski definition) is 2. The van der Waals surface area contributed by atoms with Gasteiger partial charge in [0.05, 0.1) is 24.6 Å². The lowest BCUT2D eigenvalue weighted by atomic mass is 9.98. The van der Waals surface area contributed by atoms with Crippen molar-refractivity contribution in [1.29, 1.82) is 0 Å². The first-order chi connectivity index (χ1) is 23.0. The molecular weight excluding hydrogens is 654 g/mol. The van der Waals surface area contributed by atoms with Gasteiger partial charge in [0.25, 0.3) is 5.91 Å². The molecule has 0 saturated heterocycles. The van der Waals surface area contributed by atoms with E-state index in [1.54, 1.807) is 12.1 Å². The van der Waals surface area contributed by atoms with Crippen LogP contribution in [0.3, 0.4) is 0 Å². The third kappa shape index (κ3) is 10.1. The van der Waals surface area contributed by atoms with Gasteiger partial charge in [0.2, 0.25) is 0 Å². The number of ether oxygens (including phenoxy) is 2. The van der Waals surface area contributed by atoms with Crippen molar-refractivity contribution < 1.29 is 24.2 Å². The number of amides is 1. The number of para-hydroxylation sites is 2. The van der Waals surface area contributed by atoms with E-state index in [2.05, 4.69) is 45.5 Å². The standard InChI is InChI=1S/C40H38BrNO5/c41-32-24-25-37(46-26-12-2-1-5-13-29-14-6-3-7-15-29)35(27-32)40(45)42-36(28-39(43)44)31-22-20-30(21-23-31)34-18-10-11-19-38(34)47-33-16-8-4-9-17-33/h3-4,6-11,14-25,27,36H,1-2,5,12-13,26,28H2,(H,42,45)(H,43,44). The molecule has 0 aliphatic rings. The number of nitrogens with one attached hydrogen (secondary N) is 1. The van der Waals surface area contributed by atoms with Gasteiger partial charge >= 0.3 is 5.97 Å². The molecule has 1 unspecified atom stereocenters. The van der Waals surface area contributed by atoms with Crippen LogP contribution in [0, 0.1) is 0 Å². The molecule has 5 aromatic rings. The minimum absolute atomic E-state index is 0.272. The molecule has 6 nitrogen and oxygen atoms in total. The van der Waals surface area contributed by atoms with Gasteiger partial charge < -0.3 is 19.9 Å². The maximum Gasteiger partial charge on any atom is 0.305 e. The zero-order valence-corrected chi connectivity index (χ0v) is 27.7. The smallest absolute Gasteiger partial charge is 0.305 e. The molecule has 5 aromatic carbocycles. The lowest BCUT2D eigenvalue weighted by Crippen LogP contribution is -2.30. The third-order valence-electron chi connectivity index (χ3n) is 7.81. The summed E-state index contributed by atoms with van der Waals surface area (Å²) in [6.07, 6.45) is 4.92. The molecule has 7 heteroatoms. The summed E-state index contributed by atoms with van der Waals surface area (Å²) in [5.74, 6) is 0.487. The van der Waals surface area contributed by atoms with Gasteiger partial charge in [0, 0.05) is 10.0 Å². The van der Waals surface area contributed by atoms with E-state index in [-0.39, 0.29) is 6.42 Å². The fourth-order valence-corrected chi connectivity index (χ4v) is 5.75. The third-order valence-corrected chi connectivity index (χ3v) is 8.31. The number of hydrogen-bond acceptors (Lipinski definition) is 4. The molecule has 1 atom stereocenters. The Morgan fingerprint density at radius 3 is 2.15 bits per heavy atom. The molecule has 0 fully saturated rings. The Morgan fingerprint density at radius 1 is 0.723 bits per heavy atom. The van der Waals surface area contributed by atoms with Gasteiger partial charge in [0.15, 0.2) is 0 Å². The van der Waals surface area contributed by atoms with E-state index in [0.29, 0.717) is 29.2 Å². The fourth-order valence-electron chi connectivity index (χ4n) is 5.38. The molecule has 0 spiro atoms. The summed E-state index contributed by atoms with van der Waals surface area (Å²) < 4.78 is 12.9. The zero-order valence-electron chi connectivity index (χ0n) is 26.1. The van der Waals surface area contributed by atoms with Crippen molar-refractivity contribution >= 4 is 27.8 Å². The number of aryl methyl sites for hydroxylation is 1. The highest BCUT2D eigenvalue weighted by Crippen LogP contribution is 2.34. The molecule has 0 aliphatic heterocycles. The van der Waals surface area contributed by atoms with Crippen molar-refractivity contribution in [3.63, 3.8) is 0 Å². The van der Waals surface area contributed by atoms with Gasteiger partial charge in [-0.2, -0.15) is 0 Å². The van der Waals surface area contributed by atoms with Crippen LogP contribution in [0.4, 0.5) is 0 Å². The second-order valence-electron chi connectivity index (χ2n) is 11.3. The highest BCUT2D eigenvalue weighted by Gasteiger charge is 2.22. The quantitative estimate of drug-likeness (QED) is 0.101. The van der Waals surface area contributed by atoms with Gasteiger partial charge in [-0.25, -0.2) is 0 Å². The van der Waals surface area contributed by atoms with Gasteiger partial charge in [-0.15, -0.1) is 0 Å². The van der Waals surface area contributed by atoms with Gasteiger partial charge in [-0.3, -0.25) is 9.59 Å². The van der Waals surface area contributed by atoms with Crippen LogP contribution in [-0.4, -0.2) is 23.6 Å². The molecule has 0 aromatic heterocycles. The molecule has 1 amide bonds. The minimum atomic E-state index is -1.01. The van der Waals surface area contributed by atoms with E-state index >= 15 is 0 Å². The topological polar surface area (TPSA) is 84.9 Å². The van der Waals surface area contributed by atoms with Gasteiger partial charge in [0.1, 0.15) is 17.2 Å². The van der Waals surface area contributed by atoms with Crippen molar-refractivity contribution in [2.75, 3.05) is 6.61 Å². The molecule has 0 saturated carbocycles. The molecule has 0 heterocycles. The average molecular weight is 693 g/mol. The number of carbonyl (C=O) groups is 2. The van der Waals surface area contributed by atoms with Crippen molar-refractivity contribution in [3.05, 3.63) is 149 Å². The van der Waals surface area contributed by atoms with Crippen molar-refractivity contribution in [1.82, 2.24) is 5.32 Å². The first-order valence-electron chi connectivity index (χ1n) is 15.9. The van der Waals surface area contributed by atoms with Gasteiger partial charge in [-0.05, 0) is 72.4 Å². The molecule has 2 N–H and O–H groups in total. The Morgan fingerprint density at radius 2 is 1.40 bits per heavy atom. The van der Waals surface area contributed by atoms with Crippen molar-refractivity contribution in [2.45, 2.75) is 44.6 Å². The van der Waals surface area contributed by atoms with Crippen LogP contribution in [0.2, 0.25) is 0 Å². The number of benzene rings is 5. The van der Waals surface area contributed by atoms with Crippen LogP contribution in [0.1, 0.15) is 59.6 Å². The number of unbranched alkanes of at least 4 members (excludes halogenated alkanes) is 3. The predicted molar refractivity (Wildman–Crippen MR) is 189 cm³/mol. The first kappa shape index (κ1) is 33.5. The van der Waals surface area contributed by atoms with E-state index in [9.17, 15) is 14.7 Å². The average Bonchev–Trinajstić information content (AvgIpc) is 3.09. The van der Waals surface area contributed by atoms with E-state index in [1.807, 2.05) is 91.0 Å². The predicted octanol–water partition coefficient (Wildman–Crippen LogP) is 10.0. The minimum Gasteiger partial charge on any atom is -0.493 e. The Balaban J connectivity index is 1.22. The largest absolute Gasteiger partial charge is 0.493 e. The van der Waals surface area contributed by atoms with Crippen LogP contribution in [0.15, 0.2) is 132 Å². The van der Waals surface area contributed by atoms with Crippen LogP contribution in [0.25, 0.3) is 11.1 Å². The second kappa shape index (κ2) is 17.2. The van der Waals surface area contributed by atoms with E-state index < -0.39 is 17.9 Å². The number of carboxylic acid groups (broad SMARTS) is 1. The molecule has 0 aliphatic carbocycles. The zero-order chi connectivity index (χ0) is 32.8. The molecule has 5 rings (SSSR count). The Bertz CT molecular complexity index is 1740. The maximum atomic E-state index is 13.6. The maximum absolute atomic E-state index is 13.6. The Hall–Kier alpha value is -4.88. The van der Waals surface area contributed by atoms with Crippen LogP contribution >= 0.6 is 15.9 Å². The van der Waals surface area contributed by atoms with Crippen LogP contribution in [0.5, 0.6) is 17.2 Å². The highest BCUT2D eigenvalue weighted by molar-refractivity contribution is 9.10. The summed E-state index contributed by atoms with van der Waals surface area (Å²) in [5.41, 5.74) is 4.18. The number of aliphatic carboxylic acids is 1. The summed E-state index contributed by atoms with van der Waals surface area (Å²) in [7, 11) is 0. The number of halogens is 1. The van der Waals surface area contributed by atoms with E-state index in [1.165, 1.54) is 5.56 Å². The Labute approximate surface area is 284 Å². The van der Waals surface area contributed by atoms with Crippen molar-refractivity contribution in [3.8, 4) is 28.4 Å². The molecule has 0 radical (unpaired) electrons. The van der Waals surface area contributed by atoms with E-state index in [0.717, 1.165) is 53.5 Å². The molecule has 47 heavy (non-hydrogen) atoms. The monoisotopic (exact) mass is 691 g/mol. The van der Waals surface area contributed by atoms with E-state index in [4.69, 9.17) is 9.47 Å².